The van der Waals surface area contributed by atoms with E-state index < -0.39 is 0 Å². The van der Waals surface area contributed by atoms with E-state index in [4.69, 9.17) is 0 Å². The van der Waals surface area contributed by atoms with E-state index in [0.29, 0.717) is 6.04 Å². The Hall–Kier alpha value is -0.830. The van der Waals surface area contributed by atoms with Crippen molar-refractivity contribution in [1.82, 2.24) is 15.1 Å². The lowest BCUT2D eigenvalue weighted by atomic mass is 10.0. The number of aryl methyl sites for hydroxylation is 3. The molecule has 1 heterocycles. The van der Waals surface area contributed by atoms with Crippen LogP contribution in [0.4, 0.5) is 0 Å². The molecule has 0 saturated carbocycles. The third-order valence-corrected chi connectivity index (χ3v) is 3.17. The summed E-state index contributed by atoms with van der Waals surface area (Å²) < 4.78 is 2.01. The Balaban J connectivity index is 2.42. The van der Waals surface area contributed by atoms with Crippen LogP contribution in [0.15, 0.2) is 6.07 Å². The molecule has 1 N–H and O–H groups in total. The second-order valence-electron chi connectivity index (χ2n) is 4.88. The van der Waals surface area contributed by atoms with Crippen LogP contribution in [0.3, 0.4) is 0 Å². The van der Waals surface area contributed by atoms with Gasteiger partial charge >= 0.3 is 0 Å². The minimum Gasteiger partial charge on any atom is -0.314 e. The molecule has 0 bridgehead atoms. The van der Waals surface area contributed by atoms with Crippen LogP contribution in [0.2, 0.25) is 0 Å². The van der Waals surface area contributed by atoms with E-state index in [9.17, 15) is 0 Å². The van der Waals surface area contributed by atoms with Crippen molar-refractivity contribution in [2.75, 3.05) is 6.54 Å². The van der Waals surface area contributed by atoms with Crippen LogP contribution < -0.4 is 5.32 Å². The highest BCUT2D eigenvalue weighted by molar-refractivity contribution is 5.08. The van der Waals surface area contributed by atoms with Crippen molar-refractivity contribution in [2.24, 2.45) is 7.05 Å². The Morgan fingerprint density at radius 1 is 1.29 bits per heavy atom. The van der Waals surface area contributed by atoms with Gasteiger partial charge in [-0.25, -0.2) is 0 Å². The molecule has 1 unspecified atom stereocenters. The van der Waals surface area contributed by atoms with Gasteiger partial charge in [-0.1, -0.05) is 20.3 Å². The summed E-state index contributed by atoms with van der Waals surface area (Å²) in [5.74, 6) is 0. The first-order valence-corrected chi connectivity index (χ1v) is 6.90. The van der Waals surface area contributed by atoms with Crippen molar-refractivity contribution < 1.29 is 0 Å². The molecule has 98 valence electrons. The van der Waals surface area contributed by atoms with E-state index in [1.165, 1.54) is 31.4 Å². The minimum absolute atomic E-state index is 0.662. The van der Waals surface area contributed by atoms with Crippen molar-refractivity contribution in [2.45, 2.75) is 58.9 Å². The molecule has 0 aliphatic heterocycles. The van der Waals surface area contributed by atoms with Crippen LogP contribution >= 0.6 is 0 Å². The minimum atomic E-state index is 0.662. The monoisotopic (exact) mass is 237 g/mol. The first-order chi connectivity index (χ1) is 8.17. The molecule has 1 atom stereocenters. The lowest BCUT2D eigenvalue weighted by molar-refractivity contribution is 0.444. The van der Waals surface area contributed by atoms with Gasteiger partial charge in [0, 0.05) is 18.8 Å². The van der Waals surface area contributed by atoms with Crippen molar-refractivity contribution in [1.29, 1.82) is 0 Å². The average molecular weight is 237 g/mol. The summed E-state index contributed by atoms with van der Waals surface area (Å²) in [5, 5.41) is 8.03. The topological polar surface area (TPSA) is 29.9 Å². The zero-order valence-corrected chi connectivity index (χ0v) is 11.8. The summed E-state index contributed by atoms with van der Waals surface area (Å²) in [7, 11) is 2.04. The molecule has 3 nitrogen and oxygen atoms in total. The van der Waals surface area contributed by atoms with Gasteiger partial charge < -0.3 is 5.32 Å². The molecule has 0 aliphatic carbocycles. The second-order valence-corrected chi connectivity index (χ2v) is 4.88. The van der Waals surface area contributed by atoms with E-state index in [-0.39, 0.29) is 0 Å². The van der Waals surface area contributed by atoms with Crippen LogP contribution in [0.1, 0.15) is 50.9 Å². The molecule has 0 aromatic carbocycles. The van der Waals surface area contributed by atoms with E-state index in [1.54, 1.807) is 0 Å². The molecule has 0 saturated heterocycles. The molecular weight excluding hydrogens is 210 g/mol. The summed E-state index contributed by atoms with van der Waals surface area (Å²) in [6.45, 7) is 7.67. The molecule has 0 amide bonds. The molecule has 0 spiro atoms. The van der Waals surface area contributed by atoms with Gasteiger partial charge in [-0.15, -0.1) is 0 Å². The van der Waals surface area contributed by atoms with Crippen LogP contribution in [0, 0.1) is 6.92 Å². The lowest BCUT2D eigenvalue weighted by Gasteiger charge is -2.17. The molecule has 0 radical (unpaired) electrons. The van der Waals surface area contributed by atoms with Gasteiger partial charge in [0.05, 0.1) is 5.69 Å². The van der Waals surface area contributed by atoms with Gasteiger partial charge in [-0.05, 0) is 45.2 Å². The van der Waals surface area contributed by atoms with E-state index >= 15 is 0 Å². The summed E-state index contributed by atoms with van der Waals surface area (Å²) in [6.07, 6.45) is 6.08. The summed E-state index contributed by atoms with van der Waals surface area (Å²) in [6, 6.07) is 2.86. The van der Waals surface area contributed by atoms with Crippen LogP contribution in [-0.2, 0) is 13.5 Å². The van der Waals surface area contributed by atoms with E-state index in [1.807, 2.05) is 11.7 Å². The second kappa shape index (κ2) is 7.49. The lowest BCUT2D eigenvalue weighted by Crippen LogP contribution is -2.30. The number of hydrogen-bond donors (Lipinski definition) is 1. The smallest absolute Gasteiger partial charge is 0.0596 e. The highest BCUT2D eigenvalue weighted by Gasteiger charge is 2.09. The molecule has 0 aliphatic rings. The summed E-state index contributed by atoms with van der Waals surface area (Å²) >= 11 is 0. The predicted molar refractivity (Wildman–Crippen MR) is 73.3 cm³/mol. The molecule has 0 fully saturated rings. The molecule has 1 aromatic rings. The summed E-state index contributed by atoms with van der Waals surface area (Å²) in [5.41, 5.74) is 2.47. The fraction of sp³-hybridized carbons (Fsp3) is 0.786. The maximum absolute atomic E-state index is 4.39. The normalized spacial score (nSPS) is 12.9. The Labute approximate surface area is 106 Å². The Morgan fingerprint density at radius 3 is 2.59 bits per heavy atom. The quantitative estimate of drug-likeness (QED) is 0.753. The maximum Gasteiger partial charge on any atom is 0.0596 e. The molecule has 17 heavy (non-hydrogen) atoms. The Kier molecular flexibility index (Phi) is 6.27. The van der Waals surface area contributed by atoms with Crippen molar-refractivity contribution in [3.8, 4) is 0 Å². The van der Waals surface area contributed by atoms with Gasteiger partial charge in [-0.2, -0.15) is 5.10 Å². The maximum atomic E-state index is 4.39. The zero-order chi connectivity index (χ0) is 12.7. The standard InChI is InChI=1S/C14H27N3/c1-5-7-13(15-10-6-2)8-9-14-11-12(3)16-17(14)4/h11,13,15H,5-10H2,1-4H3. The van der Waals surface area contributed by atoms with Crippen molar-refractivity contribution in [3.05, 3.63) is 17.5 Å². The average Bonchev–Trinajstić information content (AvgIpc) is 2.61. The first-order valence-electron chi connectivity index (χ1n) is 6.90. The zero-order valence-electron chi connectivity index (χ0n) is 11.8. The molecule has 1 aromatic heterocycles. The van der Waals surface area contributed by atoms with Gasteiger partial charge in [0.1, 0.15) is 0 Å². The van der Waals surface area contributed by atoms with Gasteiger partial charge in [0.15, 0.2) is 0 Å². The molecule has 3 heteroatoms. The third-order valence-electron chi connectivity index (χ3n) is 3.17. The third kappa shape index (κ3) is 4.90. The molecule has 1 rings (SSSR count). The Morgan fingerprint density at radius 2 is 2.06 bits per heavy atom. The largest absolute Gasteiger partial charge is 0.314 e. The van der Waals surface area contributed by atoms with Gasteiger partial charge in [-0.3, -0.25) is 4.68 Å². The van der Waals surface area contributed by atoms with Crippen LogP contribution in [0.25, 0.3) is 0 Å². The SMILES string of the molecule is CCCNC(CCC)CCc1cc(C)nn1C. The van der Waals surface area contributed by atoms with Gasteiger partial charge in [0.2, 0.25) is 0 Å². The van der Waals surface area contributed by atoms with Crippen molar-refractivity contribution in [3.63, 3.8) is 0 Å². The van der Waals surface area contributed by atoms with Crippen LogP contribution in [0.5, 0.6) is 0 Å². The van der Waals surface area contributed by atoms with E-state index in [2.05, 4.69) is 37.3 Å². The van der Waals surface area contributed by atoms with Gasteiger partial charge in [0.25, 0.3) is 0 Å². The fourth-order valence-electron chi connectivity index (χ4n) is 2.27. The fourth-order valence-corrected chi connectivity index (χ4v) is 2.27. The number of nitrogens with zero attached hydrogens (tertiary/aromatic N) is 2. The summed E-state index contributed by atoms with van der Waals surface area (Å²) in [4.78, 5) is 0. The molecular formula is C14H27N3. The van der Waals surface area contributed by atoms with Crippen LogP contribution in [-0.4, -0.2) is 22.4 Å². The number of rotatable bonds is 8. The highest BCUT2D eigenvalue weighted by atomic mass is 15.3. The number of aromatic nitrogens is 2. The number of nitrogens with one attached hydrogen (secondary N) is 1. The first kappa shape index (κ1) is 14.2. The van der Waals surface area contributed by atoms with E-state index in [0.717, 1.165) is 18.7 Å². The Bertz CT molecular complexity index is 317. The predicted octanol–water partition coefficient (Wildman–Crippen LogP) is 2.83. The highest BCUT2D eigenvalue weighted by Crippen LogP contribution is 2.10. The van der Waals surface area contributed by atoms with Crippen molar-refractivity contribution >= 4 is 0 Å². The number of hydrogen-bond acceptors (Lipinski definition) is 2.